The van der Waals surface area contributed by atoms with Crippen LogP contribution in [0.4, 0.5) is 0 Å². The summed E-state index contributed by atoms with van der Waals surface area (Å²) < 4.78 is 10.8. The molecule has 1 fully saturated rings. The summed E-state index contributed by atoms with van der Waals surface area (Å²) in [4.78, 5) is 18.5. The number of piperidine rings is 1. The maximum Gasteiger partial charge on any atom is 0.337 e. The van der Waals surface area contributed by atoms with Crippen molar-refractivity contribution in [2.75, 3.05) is 20.2 Å². The normalized spacial score (nSPS) is 30.6. The lowest BCUT2D eigenvalue weighted by Crippen LogP contribution is -2.51. The van der Waals surface area contributed by atoms with Gasteiger partial charge in [-0.3, -0.25) is 4.90 Å². The summed E-state index contributed by atoms with van der Waals surface area (Å²) in [5, 5.41) is 1.34. The number of carbonyl (C=O) groups excluding carboxylic acids is 1. The predicted molar refractivity (Wildman–Crippen MR) is 103 cm³/mol. The second-order valence-electron chi connectivity index (χ2n) is 7.74. The Labute approximate surface area is 155 Å². The third-order valence-corrected chi connectivity index (χ3v) is 6.54. The molecule has 4 heterocycles. The third kappa shape index (κ3) is 2.23. The topological polar surface area (TPSA) is 54.6 Å². The van der Waals surface area contributed by atoms with Crippen LogP contribution in [-0.2, 0) is 20.7 Å². The van der Waals surface area contributed by atoms with Gasteiger partial charge in [-0.05, 0) is 31.4 Å². The van der Waals surface area contributed by atoms with Crippen LogP contribution in [0.25, 0.3) is 10.9 Å². The number of para-hydroxylation sites is 1. The van der Waals surface area contributed by atoms with E-state index in [1.165, 1.54) is 29.3 Å². The molecule has 4 atom stereocenters. The van der Waals surface area contributed by atoms with E-state index >= 15 is 0 Å². The molecule has 3 aliphatic heterocycles. The average Bonchev–Trinajstić information content (AvgIpc) is 3.06. The first-order valence-electron chi connectivity index (χ1n) is 9.44. The Morgan fingerprint density at radius 2 is 2.23 bits per heavy atom. The van der Waals surface area contributed by atoms with E-state index in [0.29, 0.717) is 17.5 Å². The Morgan fingerprint density at radius 3 is 3.08 bits per heavy atom. The molecule has 1 N–H and O–H groups in total. The van der Waals surface area contributed by atoms with Crippen LogP contribution in [0.2, 0.25) is 0 Å². The molecule has 1 saturated heterocycles. The molecule has 0 aliphatic carbocycles. The van der Waals surface area contributed by atoms with Crippen LogP contribution in [-0.4, -0.2) is 42.2 Å². The number of hydrogen-bond acceptors (Lipinski definition) is 4. The molecule has 0 bridgehead atoms. The molecule has 0 radical (unpaired) electrons. The van der Waals surface area contributed by atoms with Crippen LogP contribution in [0.5, 0.6) is 0 Å². The minimum absolute atomic E-state index is 0. The van der Waals surface area contributed by atoms with E-state index in [1.54, 1.807) is 6.26 Å². The fraction of sp³-hybridized carbons (Fsp3) is 0.476. The summed E-state index contributed by atoms with van der Waals surface area (Å²) in [6, 6.07) is 8.88. The molecule has 1 aromatic heterocycles. The number of H-pyrrole nitrogens is 1. The summed E-state index contributed by atoms with van der Waals surface area (Å²) in [5.41, 5.74) is 4.69. The van der Waals surface area contributed by atoms with Gasteiger partial charge in [-0.2, -0.15) is 0 Å². The highest BCUT2D eigenvalue weighted by Crippen LogP contribution is 2.47. The van der Waals surface area contributed by atoms with Crippen molar-refractivity contribution >= 4 is 16.9 Å². The zero-order valence-corrected chi connectivity index (χ0v) is 15.2. The van der Waals surface area contributed by atoms with Gasteiger partial charge in [0.05, 0.1) is 31.1 Å². The van der Waals surface area contributed by atoms with Gasteiger partial charge >= 0.3 is 5.97 Å². The summed E-state index contributed by atoms with van der Waals surface area (Å²) in [5.74, 6) is 0.258. The third-order valence-electron chi connectivity index (χ3n) is 6.54. The molecule has 0 spiro atoms. The quantitative estimate of drug-likeness (QED) is 0.792. The summed E-state index contributed by atoms with van der Waals surface area (Å²) in [6.45, 7) is 4.13. The number of benzene rings is 1. The Morgan fingerprint density at radius 1 is 1.38 bits per heavy atom. The van der Waals surface area contributed by atoms with Crippen LogP contribution in [0.1, 0.15) is 33.5 Å². The maximum absolute atomic E-state index is 12.3. The zero-order chi connectivity index (χ0) is 17.8. The van der Waals surface area contributed by atoms with Crippen LogP contribution in [0, 0.1) is 11.8 Å². The van der Waals surface area contributed by atoms with Gasteiger partial charge in [-0.25, -0.2) is 4.79 Å². The first kappa shape index (κ1) is 15.9. The maximum atomic E-state index is 12.3. The number of aromatic nitrogens is 1. The molecule has 5 rings (SSSR count). The van der Waals surface area contributed by atoms with Gasteiger partial charge < -0.3 is 14.5 Å². The van der Waals surface area contributed by atoms with E-state index < -0.39 is 0 Å². The van der Waals surface area contributed by atoms with Crippen molar-refractivity contribution in [3.05, 3.63) is 47.4 Å². The largest absolute Gasteiger partial charge is 0.497 e. The van der Waals surface area contributed by atoms with Crippen molar-refractivity contribution in [3.63, 3.8) is 0 Å². The van der Waals surface area contributed by atoms with E-state index in [2.05, 4.69) is 41.1 Å². The molecular weight excluding hydrogens is 328 g/mol. The zero-order valence-electron chi connectivity index (χ0n) is 15.2. The van der Waals surface area contributed by atoms with Gasteiger partial charge in [0, 0.05) is 44.4 Å². The van der Waals surface area contributed by atoms with Crippen molar-refractivity contribution in [2.45, 2.75) is 31.9 Å². The number of fused-ring (bicyclic) bond motifs is 6. The van der Waals surface area contributed by atoms with Crippen molar-refractivity contribution in [2.24, 2.45) is 11.8 Å². The first-order valence-corrected chi connectivity index (χ1v) is 9.44. The molecule has 5 heteroatoms. The highest BCUT2D eigenvalue weighted by molar-refractivity contribution is 5.89. The summed E-state index contributed by atoms with van der Waals surface area (Å²) >= 11 is 0. The molecule has 3 aliphatic rings. The number of methoxy groups -OCH3 is 1. The van der Waals surface area contributed by atoms with E-state index in [0.717, 1.165) is 25.9 Å². The van der Waals surface area contributed by atoms with E-state index in [9.17, 15) is 4.79 Å². The van der Waals surface area contributed by atoms with Gasteiger partial charge in [0.2, 0.25) is 0 Å². The lowest BCUT2D eigenvalue weighted by atomic mass is 9.72. The molecule has 140 valence electrons. The van der Waals surface area contributed by atoms with Gasteiger partial charge in [-0.1, -0.05) is 18.2 Å². The summed E-state index contributed by atoms with van der Waals surface area (Å²) in [6.07, 6.45) is 3.77. The number of hydrogen-bond donors (Lipinski definition) is 1. The molecule has 3 unspecified atom stereocenters. The molecule has 26 heavy (non-hydrogen) atoms. The molecular formula is C21H28N2O3. The number of aromatic amines is 1. The van der Waals surface area contributed by atoms with E-state index in [1.807, 2.05) is 0 Å². The van der Waals surface area contributed by atoms with Crippen LogP contribution >= 0.6 is 0 Å². The highest BCUT2D eigenvalue weighted by atomic mass is 16.5. The van der Waals surface area contributed by atoms with Crippen molar-refractivity contribution < 1.29 is 17.1 Å². The average molecular weight is 356 g/mol. The van der Waals surface area contributed by atoms with Crippen LogP contribution in [0.3, 0.4) is 0 Å². The Balaban J connectivity index is 0.00000112. The van der Waals surface area contributed by atoms with Crippen molar-refractivity contribution in [3.8, 4) is 0 Å². The summed E-state index contributed by atoms with van der Waals surface area (Å²) in [7, 11) is 1.45. The Kier molecular flexibility index (Phi) is 3.60. The van der Waals surface area contributed by atoms with Crippen molar-refractivity contribution in [1.29, 1.82) is 0 Å². The molecule has 2 aromatic rings. The minimum Gasteiger partial charge on any atom is -0.497 e. The number of nitrogens with zero attached hydrogens (tertiary/aromatic N) is 1. The van der Waals surface area contributed by atoms with Gasteiger partial charge in [0.15, 0.2) is 0 Å². The smallest absolute Gasteiger partial charge is 0.337 e. The number of ether oxygens (including phenoxy) is 2. The minimum atomic E-state index is -0.256. The van der Waals surface area contributed by atoms with Crippen LogP contribution < -0.4 is 0 Å². The van der Waals surface area contributed by atoms with Gasteiger partial charge in [-0.15, -0.1) is 0 Å². The SMILES string of the molecule is COC(=O)C1=COC(C)[C@H]2CN3CCc4c([nH]c5ccccc45)C3CC12.[HH].[HH]. The van der Waals surface area contributed by atoms with Gasteiger partial charge in [0.25, 0.3) is 0 Å². The second-order valence-corrected chi connectivity index (χ2v) is 7.74. The number of nitrogens with one attached hydrogen (secondary N) is 1. The van der Waals surface area contributed by atoms with Gasteiger partial charge in [0.1, 0.15) is 0 Å². The fourth-order valence-corrected chi connectivity index (χ4v) is 5.19. The van der Waals surface area contributed by atoms with Crippen LogP contribution in [0.15, 0.2) is 36.1 Å². The standard InChI is InChI=1S/C21H24N2O3.2H2/c1-12-16-10-23-8-7-14-13-5-3-4-6-18(13)22-20(14)19(23)9-15(16)17(11-26-12)21(24)25-2;;/h3-6,11-12,15-16,19,22H,7-10H2,1-2H3;2*1H/t12?,15?,16-,19?;;/m1../s1. The fourth-order valence-electron chi connectivity index (χ4n) is 5.19. The predicted octanol–water partition coefficient (Wildman–Crippen LogP) is 3.67. The van der Waals surface area contributed by atoms with Crippen molar-refractivity contribution in [1.82, 2.24) is 9.88 Å². The monoisotopic (exact) mass is 356 g/mol. The molecule has 5 nitrogen and oxygen atoms in total. The molecule has 0 saturated carbocycles. The number of rotatable bonds is 1. The Bertz CT molecular complexity index is 910. The lowest BCUT2D eigenvalue weighted by Gasteiger charge is -2.49. The highest BCUT2D eigenvalue weighted by Gasteiger charge is 2.46. The first-order chi connectivity index (χ1) is 12.7. The van der Waals surface area contributed by atoms with E-state index in [-0.39, 0.29) is 20.8 Å². The van der Waals surface area contributed by atoms with E-state index in [4.69, 9.17) is 9.47 Å². The second kappa shape index (κ2) is 5.88. The lowest BCUT2D eigenvalue weighted by molar-refractivity contribution is -0.139. The number of carbonyl (C=O) groups is 1. The molecule has 1 aromatic carbocycles. The number of esters is 1. The molecule has 0 amide bonds. The Hall–Kier alpha value is -2.27.